The Morgan fingerprint density at radius 2 is 2.57 bits per heavy atom. The predicted octanol–water partition coefficient (Wildman–Crippen LogP) is 1.64. The average Bonchev–Trinajstić information content (AvgIpc) is 2.75. The van der Waals surface area contributed by atoms with Gasteiger partial charge in [0.25, 0.3) is 0 Å². The minimum atomic E-state index is 0.120. The number of thioether (sulfide) groups is 1. The molecule has 2 atom stereocenters. The first kappa shape index (κ1) is 10.3. The molecule has 2 unspecified atom stereocenters. The van der Waals surface area contributed by atoms with Crippen molar-refractivity contribution in [2.45, 2.75) is 37.5 Å². The van der Waals surface area contributed by atoms with Crippen molar-refractivity contribution in [3.63, 3.8) is 0 Å². The second-order valence-electron chi connectivity index (χ2n) is 4.28. The first-order valence-corrected chi connectivity index (χ1v) is 6.17. The van der Waals surface area contributed by atoms with Crippen LogP contribution in [0.15, 0.2) is 4.99 Å². The van der Waals surface area contributed by atoms with Crippen molar-refractivity contribution in [2.24, 2.45) is 4.99 Å². The highest BCUT2D eigenvalue weighted by Gasteiger charge is 2.32. The van der Waals surface area contributed by atoms with Gasteiger partial charge in [-0.05, 0) is 19.8 Å². The molecule has 3 nitrogen and oxygen atoms in total. The van der Waals surface area contributed by atoms with E-state index in [2.05, 4.69) is 24.2 Å². The summed E-state index contributed by atoms with van der Waals surface area (Å²) in [6.07, 6.45) is 2.29. The van der Waals surface area contributed by atoms with Gasteiger partial charge in [-0.25, -0.2) is 0 Å². The van der Waals surface area contributed by atoms with Crippen LogP contribution >= 0.6 is 11.8 Å². The van der Waals surface area contributed by atoms with Gasteiger partial charge < -0.3 is 10.1 Å². The zero-order valence-electron chi connectivity index (χ0n) is 8.88. The molecule has 1 N–H and O–H groups in total. The maximum absolute atomic E-state index is 5.40. The first-order valence-electron chi connectivity index (χ1n) is 5.29. The van der Waals surface area contributed by atoms with Crippen molar-refractivity contribution in [3.05, 3.63) is 0 Å². The fraction of sp³-hybridized carbons (Fsp3) is 0.900. The smallest absolute Gasteiger partial charge is 0.157 e. The molecule has 2 heterocycles. The Labute approximate surface area is 89.7 Å². The zero-order valence-corrected chi connectivity index (χ0v) is 9.69. The zero-order chi connectivity index (χ0) is 10.0. The molecule has 0 aromatic heterocycles. The molecule has 4 heteroatoms. The third-order valence-electron chi connectivity index (χ3n) is 2.80. The Morgan fingerprint density at radius 3 is 3.14 bits per heavy atom. The topological polar surface area (TPSA) is 33.6 Å². The normalized spacial score (nSPS) is 37.3. The Bertz CT molecular complexity index is 236. The van der Waals surface area contributed by atoms with Gasteiger partial charge in [0.1, 0.15) is 0 Å². The summed E-state index contributed by atoms with van der Waals surface area (Å²) < 4.78 is 5.40. The fourth-order valence-electron chi connectivity index (χ4n) is 1.72. The van der Waals surface area contributed by atoms with Crippen molar-refractivity contribution >= 4 is 16.9 Å². The average molecular weight is 214 g/mol. The molecular weight excluding hydrogens is 196 g/mol. The Kier molecular flexibility index (Phi) is 3.02. The third-order valence-corrected chi connectivity index (χ3v) is 4.07. The molecule has 0 radical (unpaired) electrons. The Hall–Kier alpha value is -0.220. The number of aliphatic imine (C=N–C) groups is 1. The standard InChI is InChI=1S/C10H18N2OS/c1-3-8-6-11-9(14-8)12-10(2)4-5-13-7-10/h8H,3-7H2,1-2H3,(H,11,12). The highest BCUT2D eigenvalue weighted by molar-refractivity contribution is 8.14. The molecule has 14 heavy (non-hydrogen) atoms. The molecule has 1 fully saturated rings. The lowest BCUT2D eigenvalue weighted by atomic mass is 10.0. The van der Waals surface area contributed by atoms with Crippen LogP contribution in [0, 0.1) is 0 Å². The van der Waals surface area contributed by atoms with Crippen LogP contribution in [0.4, 0.5) is 0 Å². The van der Waals surface area contributed by atoms with E-state index in [9.17, 15) is 0 Å². The predicted molar refractivity (Wildman–Crippen MR) is 60.9 cm³/mol. The van der Waals surface area contributed by atoms with E-state index >= 15 is 0 Å². The second-order valence-corrected chi connectivity index (χ2v) is 5.57. The van der Waals surface area contributed by atoms with Crippen molar-refractivity contribution < 1.29 is 4.74 Å². The molecule has 0 aromatic rings. The first-order chi connectivity index (χ1) is 6.72. The summed E-state index contributed by atoms with van der Waals surface area (Å²) in [5.74, 6) is 0. The number of rotatable bonds is 2. The van der Waals surface area contributed by atoms with Gasteiger partial charge in [0, 0.05) is 11.9 Å². The van der Waals surface area contributed by atoms with Gasteiger partial charge in [-0.2, -0.15) is 0 Å². The SMILES string of the molecule is CCC1CN=C(NC2(C)CCOC2)S1. The number of hydrogen-bond acceptors (Lipinski definition) is 4. The largest absolute Gasteiger partial charge is 0.379 e. The summed E-state index contributed by atoms with van der Waals surface area (Å²) in [7, 11) is 0. The molecule has 1 saturated heterocycles. The molecule has 0 aliphatic carbocycles. The molecule has 2 rings (SSSR count). The number of nitrogens with one attached hydrogen (secondary N) is 1. The molecule has 0 saturated carbocycles. The van der Waals surface area contributed by atoms with Crippen LogP contribution in [0.5, 0.6) is 0 Å². The Balaban J connectivity index is 1.86. The van der Waals surface area contributed by atoms with Gasteiger partial charge in [0.2, 0.25) is 0 Å². The van der Waals surface area contributed by atoms with Gasteiger partial charge in [0.05, 0.1) is 18.7 Å². The van der Waals surface area contributed by atoms with Crippen molar-refractivity contribution in [1.29, 1.82) is 0 Å². The molecule has 2 aliphatic heterocycles. The lowest BCUT2D eigenvalue weighted by molar-refractivity contribution is 0.177. The minimum absolute atomic E-state index is 0.120. The highest BCUT2D eigenvalue weighted by atomic mass is 32.2. The molecule has 0 bridgehead atoms. The molecule has 0 spiro atoms. The second kappa shape index (κ2) is 4.11. The van der Waals surface area contributed by atoms with Crippen LogP contribution in [-0.4, -0.2) is 35.7 Å². The van der Waals surface area contributed by atoms with Crippen molar-refractivity contribution in [2.75, 3.05) is 19.8 Å². The molecule has 80 valence electrons. The third kappa shape index (κ3) is 2.23. The van der Waals surface area contributed by atoms with E-state index in [-0.39, 0.29) is 5.54 Å². The van der Waals surface area contributed by atoms with Gasteiger partial charge in [-0.3, -0.25) is 4.99 Å². The minimum Gasteiger partial charge on any atom is -0.379 e. The quantitative estimate of drug-likeness (QED) is 0.758. The monoisotopic (exact) mass is 214 g/mol. The van der Waals surface area contributed by atoms with E-state index in [1.54, 1.807) is 0 Å². The number of amidine groups is 1. The van der Waals surface area contributed by atoms with Crippen molar-refractivity contribution in [1.82, 2.24) is 5.32 Å². The van der Waals surface area contributed by atoms with E-state index < -0.39 is 0 Å². The lowest BCUT2D eigenvalue weighted by Crippen LogP contribution is -2.45. The Morgan fingerprint density at radius 1 is 1.71 bits per heavy atom. The molecule has 0 amide bonds. The van der Waals surface area contributed by atoms with Crippen molar-refractivity contribution in [3.8, 4) is 0 Å². The summed E-state index contributed by atoms with van der Waals surface area (Å²) in [4.78, 5) is 4.51. The van der Waals surface area contributed by atoms with Gasteiger partial charge in [0.15, 0.2) is 5.17 Å². The lowest BCUT2D eigenvalue weighted by Gasteiger charge is -2.24. The van der Waals surface area contributed by atoms with Crippen LogP contribution < -0.4 is 5.32 Å². The maximum atomic E-state index is 5.40. The van der Waals surface area contributed by atoms with Crippen LogP contribution in [0.2, 0.25) is 0 Å². The maximum Gasteiger partial charge on any atom is 0.157 e. The van der Waals surface area contributed by atoms with Gasteiger partial charge in [-0.15, -0.1) is 0 Å². The van der Waals surface area contributed by atoms with Gasteiger partial charge in [-0.1, -0.05) is 18.7 Å². The number of ether oxygens (including phenoxy) is 1. The molecular formula is C10H18N2OS. The van der Waals surface area contributed by atoms with E-state index in [0.29, 0.717) is 5.25 Å². The molecule has 0 aromatic carbocycles. The van der Waals surface area contributed by atoms with E-state index in [1.807, 2.05) is 11.8 Å². The van der Waals surface area contributed by atoms with E-state index in [0.717, 1.165) is 31.3 Å². The van der Waals surface area contributed by atoms with Crippen LogP contribution in [0.3, 0.4) is 0 Å². The summed E-state index contributed by atoms with van der Waals surface area (Å²) in [6.45, 7) is 7.08. The highest BCUT2D eigenvalue weighted by Crippen LogP contribution is 2.25. The van der Waals surface area contributed by atoms with Gasteiger partial charge >= 0.3 is 0 Å². The van der Waals surface area contributed by atoms with Crippen LogP contribution in [-0.2, 0) is 4.74 Å². The summed E-state index contributed by atoms with van der Waals surface area (Å²) in [6, 6.07) is 0. The van der Waals surface area contributed by atoms with Crippen LogP contribution in [0.1, 0.15) is 26.7 Å². The summed E-state index contributed by atoms with van der Waals surface area (Å²) in [5, 5.41) is 5.31. The fourth-order valence-corrected chi connectivity index (χ4v) is 2.81. The van der Waals surface area contributed by atoms with E-state index in [1.165, 1.54) is 6.42 Å². The summed E-state index contributed by atoms with van der Waals surface area (Å²) in [5.41, 5.74) is 0.120. The number of nitrogens with zero attached hydrogens (tertiary/aromatic N) is 1. The van der Waals surface area contributed by atoms with E-state index in [4.69, 9.17) is 4.74 Å². The number of hydrogen-bond donors (Lipinski definition) is 1. The summed E-state index contributed by atoms with van der Waals surface area (Å²) >= 11 is 1.88. The molecule has 2 aliphatic rings. The van der Waals surface area contributed by atoms with Crippen LogP contribution in [0.25, 0.3) is 0 Å².